The van der Waals surface area contributed by atoms with Gasteiger partial charge in [-0.2, -0.15) is 10.2 Å². The quantitative estimate of drug-likeness (QED) is 0.837. The van der Waals surface area contributed by atoms with E-state index < -0.39 is 5.41 Å². The first-order valence-corrected chi connectivity index (χ1v) is 5.39. The van der Waals surface area contributed by atoms with Gasteiger partial charge in [0, 0.05) is 13.1 Å². The summed E-state index contributed by atoms with van der Waals surface area (Å²) in [6.45, 7) is 2.67. The lowest BCUT2D eigenvalue weighted by Gasteiger charge is -2.42. The lowest BCUT2D eigenvalue weighted by molar-refractivity contribution is 0.0969. The zero-order valence-electron chi connectivity index (χ0n) is 10.2. The number of aromatic nitrogens is 2. The highest BCUT2D eigenvalue weighted by molar-refractivity contribution is 5.91. The first kappa shape index (κ1) is 12.1. The molecule has 1 N–H and O–H groups in total. The minimum Gasteiger partial charge on any atom is -0.479 e. The van der Waals surface area contributed by atoms with Crippen molar-refractivity contribution in [3.05, 3.63) is 12.5 Å². The monoisotopic (exact) mass is 247 g/mol. The molecule has 0 aliphatic carbocycles. The Hall–Kier alpha value is -2.36. The molecule has 1 aromatic heterocycles. The minimum atomic E-state index is -0.436. The van der Waals surface area contributed by atoms with Gasteiger partial charge < -0.3 is 15.0 Å². The van der Waals surface area contributed by atoms with Crippen LogP contribution in [0.3, 0.4) is 0 Å². The number of carbonyl (C=O) groups is 1. The fourth-order valence-corrected chi connectivity index (χ4v) is 1.77. The molecule has 1 fully saturated rings. The van der Waals surface area contributed by atoms with E-state index in [-0.39, 0.29) is 6.03 Å². The maximum absolute atomic E-state index is 11.9. The van der Waals surface area contributed by atoms with Crippen molar-refractivity contribution in [1.29, 1.82) is 5.26 Å². The molecule has 18 heavy (non-hydrogen) atoms. The Morgan fingerprint density at radius 3 is 3.00 bits per heavy atom. The molecule has 1 aliphatic heterocycles. The highest BCUT2D eigenvalue weighted by atomic mass is 16.5. The molecule has 2 rings (SSSR count). The molecule has 2 amide bonds. The number of hydrogen-bond acceptors (Lipinski definition) is 5. The number of carbonyl (C=O) groups excluding carboxylic acids is 1. The van der Waals surface area contributed by atoms with Gasteiger partial charge in [-0.25, -0.2) is 9.78 Å². The third kappa shape index (κ3) is 2.18. The average molecular weight is 247 g/mol. The Kier molecular flexibility index (Phi) is 3.02. The second-order valence-corrected chi connectivity index (χ2v) is 4.40. The maximum Gasteiger partial charge on any atom is 0.322 e. The zero-order chi connectivity index (χ0) is 13.2. The van der Waals surface area contributed by atoms with Gasteiger partial charge in [-0.3, -0.25) is 0 Å². The molecule has 94 valence electrons. The third-order valence-corrected chi connectivity index (χ3v) is 2.75. The van der Waals surface area contributed by atoms with Crippen molar-refractivity contribution in [1.82, 2.24) is 14.9 Å². The van der Waals surface area contributed by atoms with Gasteiger partial charge in [0.2, 0.25) is 5.88 Å². The lowest BCUT2D eigenvalue weighted by atomic mass is 9.84. The largest absolute Gasteiger partial charge is 0.479 e. The summed E-state index contributed by atoms with van der Waals surface area (Å²) >= 11 is 0. The van der Waals surface area contributed by atoms with Crippen LogP contribution in [0.4, 0.5) is 10.5 Å². The number of methoxy groups -OCH3 is 1. The SMILES string of the molecule is COc1ncncc1NC(=O)N1CC(C)(C#N)C1. The van der Waals surface area contributed by atoms with E-state index >= 15 is 0 Å². The Morgan fingerprint density at radius 1 is 1.67 bits per heavy atom. The van der Waals surface area contributed by atoms with Crippen LogP contribution in [0.2, 0.25) is 0 Å². The first-order chi connectivity index (χ1) is 8.58. The van der Waals surface area contributed by atoms with Gasteiger partial charge in [-0.05, 0) is 6.92 Å². The van der Waals surface area contributed by atoms with Crippen LogP contribution in [0.25, 0.3) is 0 Å². The van der Waals surface area contributed by atoms with Crippen molar-refractivity contribution in [3.63, 3.8) is 0 Å². The summed E-state index contributed by atoms with van der Waals surface area (Å²) in [5.41, 5.74) is -0.0233. The number of amides is 2. The topological polar surface area (TPSA) is 91.1 Å². The molecule has 1 aromatic rings. The minimum absolute atomic E-state index is 0.282. The van der Waals surface area contributed by atoms with Crippen LogP contribution in [0, 0.1) is 16.7 Å². The molecular formula is C11H13N5O2. The summed E-state index contributed by atoms with van der Waals surface area (Å²) in [5, 5.41) is 11.5. The average Bonchev–Trinajstić information content (AvgIpc) is 2.35. The maximum atomic E-state index is 11.9. The predicted molar refractivity (Wildman–Crippen MR) is 62.9 cm³/mol. The first-order valence-electron chi connectivity index (χ1n) is 5.39. The van der Waals surface area contributed by atoms with Crippen LogP contribution in [-0.2, 0) is 0 Å². The Balaban J connectivity index is 1.99. The van der Waals surface area contributed by atoms with Crippen molar-refractivity contribution in [2.24, 2.45) is 5.41 Å². The smallest absolute Gasteiger partial charge is 0.322 e. The molecule has 0 saturated carbocycles. The summed E-state index contributed by atoms with van der Waals surface area (Å²) in [5.74, 6) is 0.307. The lowest BCUT2D eigenvalue weighted by Crippen LogP contribution is -2.57. The second kappa shape index (κ2) is 4.49. The van der Waals surface area contributed by atoms with Crippen LogP contribution in [-0.4, -0.2) is 41.1 Å². The molecular weight excluding hydrogens is 234 g/mol. The van der Waals surface area contributed by atoms with E-state index in [4.69, 9.17) is 10.00 Å². The van der Waals surface area contributed by atoms with E-state index in [2.05, 4.69) is 21.4 Å². The number of likely N-dealkylation sites (tertiary alicyclic amines) is 1. The molecule has 1 saturated heterocycles. The van der Waals surface area contributed by atoms with Crippen LogP contribution in [0.5, 0.6) is 5.88 Å². The molecule has 0 unspecified atom stereocenters. The Labute approximate surface area is 104 Å². The zero-order valence-corrected chi connectivity index (χ0v) is 10.2. The van der Waals surface area contributed by atoms with Crippen molar-refractivity contribution >= 4 is 11.7 Å². The predicted octanol–water partition coefficient (Wildman–Crippen LogP) is 0.863. The van der Waals surface area contributed by atoms with Gasteiger partial charge in [-0.1, -0.05) is 0 Å². The number of ether oxygens (including phenoxy) is 1. The van der Waals surface area contributed by atoms with Gasteiger partial charge in [0.1, 0.15) is 12.0 Å². The summed E-state index contributed by atoms with van der Waals surface area (Å²) in [4.78, 5) is 21.1. The highest BCUT2D eigenvalue weighted by Gasteiger charge is 2.41. The van der Waals surface area contributed by atoms with E-state index in [1.165, 1.54) is 19.6 Å². The molecule has 0 aromatic carbocycles. The number of rotatable bonds is 2. The van der Waals surface area contributed by atoms with Crippen LogP contribution < -0.4 is 10.1 Å². The van der Waals surface area contributed by atoms with Crippen LogP contribution in [0.15, 0.2) is 12.5 Å². The van der Waals surface area contributed by atoms with Gasteiger partial charge in [0.15, 0.2) is 0 Å². The standard InChI is InChI=1S/C11H13N5O2/c1-11(4-12)5-16(6-11)10(17)15-8-3-13-7-14-9(8)18-2/h3,7H,5-6H2,1-2H3,(H,15,17). The number of hydrogen-bond donors (Lipinski definition) is 1. The summed E-state index contributed by atoms with van der Waals surface area (Å²) in [6, 6.07) is 1.90. The Morgan fingerprint density at radius 2 is 2.39 bits per heavy atom. The summed E-state index contributed by atoms with van der Waals surface area (Å²) in [7, 11) is 1.47. The fourth-order valence-electron chi connectivity index (χ4n) is 1.77. The van der Waals surface area contributed by atoms with Crippen LogP contribution in [0.1, 0.15) is 6.92 Å². The molecule has 7 nitrogen and oxygen atoms in total. The number of nitrogens with zero attached hydrogens (tertiary/aromatic N) is 4. The molecule has 0 atom stereocenters. The van der Waals surface area contributed by atoms with Crippen molar-refractivity contribution in [2.75, 3.05) is 25.5 Å². The van der Waals surface area contributed by atoms with Crippen LogP contribution >= 0.6 is 0 Å². The van der Waals surface area contributed by atoms with E-state index in [9.17, 15) is 4.79 Å². The van der Waals surface area contributed by atoms with E-state index in [0.29, 0.717) is 24.7 Å². The molecule has 1 aliphatic rings. The van der Waals surface area contributed by atoms with Crippen molar-refractivity contribution in [2.45, 2.75) is 6.92 Å². The number of nitriles is 1. The fraction of sp³-hybridized carbons (Fsp3) is 0.455. The second-order valence-electron chi connectivity index (χ2n) is 4.40. The number of anilines is 1. The molecule has 0 spiro atoms. The van der Waals surface area contributed by atoms with Gasteiger partial charge in [0.25, 0.3) is 0 Å². The summed E-state index contributed by atoms with van der Waals surface area (Å²) < 4.78 is 5.00. The van der Waals surface area contributed by atoms with E-state index in [0.717, 1.165) is 0 Å². The number of nitrogens with one attached hydrogen (secondary N) is 1. The van der Waals surface area contributed by atoms with Gasteiger partial charge in [-0.15, -0.1) is 0 Å². The molecule has 2 heterocycles. The van der Waals surface area contributed by atoms with Gasteiger partial charge >= 0.3 is 6.03 Å². The Bertz CT molecular complexity index is 504. The normalized spacial score (nSPS) is 16.4. The van der Waals surface area contributed by atoms with E-state index in [1.54, 1.807) is 4.90 Å². The molecule has 0 radical (unpaired) electrons. The summed E-state index contributed by atoms with van der Waals surface area (Å²) in [6.07, 6.45) is 2.80. The van der Waals surface area contributed by atoms with Crippen molar-refractivity contribution in [3.8, 4) is 11.9 Å². The number of urea groups is 1. The highest BCUT2D eigenvalue weighted by Crippen LogP contribution is 2.29. The van der Waals surface area contributed by atoms with Gasteiger partial charge in [0.05, 0.1) is 24.8 Å². The molecule has 7 heteroatoms. The third-order valence-electron chi connectivity index (χ3n) is 2.75. The van der Waals surface area contributed by atoms with Crippen molar-refractivity contribution < 1.29 is 9.53 Å². The molecule has 0 bridgehead atoms. The van der Waals surface area contributed by atoms with E-state index in [1.807, 2.05) is 6.92 Å².